The summed E-state index contributed by atoms with van der Waals surface area (Å²) in [6.07, 6.45) is 1.75. The smallest absolute Gasteiger partial charge is 0.274 e. The van der Waals surface area contributed by atoms with E-state index in [2.05, 4.69) is 36.7 Å². The van der Waals surface area contributed by atoms with Crippen molar-refractivity contribution < 1.29 is 19.0 Å². The van der Waals surface area contributed by atoms with Crippen LogP contribution < -0.4 is 19.1 Å². The van der Waals surface area contributed by atoms with Crippen LogP contribution in [0.2, 0.25) is 0 Å². The summed E-state index contributed by atoms with van der Waals surface area (Å²) in [5.41, 5.74) is 4.33. The van der Waals surface area contributed by atoms with E-state index >= 15 is 0 Å². The number of rotatable bonds is 5. The second kappa shape index (κ2) is 10.5. The molecule has 6 nitrogen and oxygen atoms in total. The Labute approximate surface area is 216 Å². The number of aromatic nitrogens is 1. The molecule has 1 aliphatic rings. The minimum atomic E-state index is -0.116. The number of carbonyl (C=O) groups is 1. The van der Waals surface area contributed by atoms with Gasteiger partial charge >= 0.3 is 0 Å². The zero-order chi connectivity index (χ0) is 26.0. The first-order valence-electron chi connectivity index (χ1n) is 11.7. The molecule has 0 aliphatic carbocycles. The first-order chi connectivity index (χ1) is 17.4. The van der Waals surface area contributed by atoms with E-state index in [0.29, 0.717) is 40.9 Å². The van der Waals surface area contributed by atoms with Gasteiger partial charge in [0, 0.05) is 29.4 Å². The summed E-state index contributed by atoms with van der Waals surface area (Å²) in [6.45, 7) is 7.86. The third-order valence-electron chi connectivity index (χ3n) is 6.46. The van der Waals surface area contributed by atoms with Gasteiger partial charge in [-0.15, -0.1) is 18.2 Å². The number of nitrogens with one attached hydrogen (secondary N) is 1. The molecule has 4 aromatic rings. The molecule has 0 fully saturated rings. The Hall–Kier alpha value is -3.64. The SMILES string of the molecule is C=CC.COc1cc2cc(C(=O)N3CC(CCl)c4c3cc(C)c3ccccc43)[nH]c2c(OC)c1OC. The number of allylic oxidation sites excluding steroid dienone is 1. The van der Waals surface area contributed by atoms with Crippen LogP contribution in [0.15, 0.2) is 55.1 Å². The summed E-state index contributed by atoms with van der Waals surface area (Å²) in [4.78, 5) is 18.8. The molecular formula is C29H31ClN2O4. The predicted octanol–water partition coefficient (Wildman–Crippen LogP) is 6.83. The number of H-pyrrole nitrogens is 1. The van der Waals surface area contributed by atoms with Crippen LogP contribution in [-0.4, -0.2) is 44.6 Å². The summed E-state index contributed by atoms with van der Waals surface area (Å²) in [6, 6.07) is 14.0. The maximum atomic E-state index is 13.7. The first kappa shape index (κ1) is 25.5. The summed E-state index contributed by atoms with van der Waals surface area (Å²) in [5.74, 6) is 1.90. The van der Waals surface area contributed by atoms with Crippen molar-refractivity contribution in [3.8, 4) is 17.2 Å². The molecule has 0 bridgehead atoms. The van der Waals surface area contributed by atoms with E-state index in [0.717, 1.165) is 27.6 Å². The molecule has 36 heavy (non-hydrogen) atoms. The quantitative estimate of drug-likeness (QED) is 0.238. The Balaban J connectivity index is 0.000000967. The van der Waals surface area contributed by atoms with E-state index in [-0.39, 0.29) is 11.8 Å². The number of methoxy groups -OCH3 is 3. The highest BCUT2D eigenvalue weighted by Crippen LogP contribution is 2.45. The van der Waals surface area contributed by atoms with Crippen molar-refractivity contribution in [2.75, 3.05) is 38.7 Å². The average Bonchev–Trinajstić information content (AvgIpc) is 3.49. The van der Waals surface area contributed by atoms with Crippen LogP contribution in [0.4, 0.5) is 5.69 Å². The van der Waals surface area contributed by atoms with Gasteiger partial charge in [0.05, 0.1) is 26.8 Å². The molecule has 2 heterocycles. The van der Waals surface area contributed by atoms with Gasteiger partial charge in [-0.05, 0) is 53.9 Å². The second-order valence-corrected chi connectivity index (χ2v) is 8.95. The van der Waals surface area contributed by atoms with Gasteiger partial charge < -0.3 is 24.1 Å². The molecule has 1 unspecified atom stereocenters. The van der Waals surface area contributed by atoms with Gasteiger partial charge in [0.15, 0.2) is 11.5 Å². The number of aromatic amines is 1. The van der Waals surface area contributed by atoms with E-state index in [9.17, 15) is 4.79 Å². The third-order valence-corrected chi connectivity index (χ3v) is 6.83. The number of anilines is 1. The fourth-order valence-corrected chi connectivity index (χ4v) is 5.20. The van der Waals surface area contributed by atoms with Crippen LogP contribution >= 0.6 is 11.6 Å². The molecule has 7 heteroatoms. The van der Waals surface area contributed by atoms with Crippen LogP contribution in [0.25, 0.3) is 21.7 Å². The normalized spacial score (nSPS) is 14.3. The van der Waals surface area contributed by atoms with Crippen molar-refractivity contribution in [1.82, 2.24) is 4.98 Å². The van der Waals surface area contributed by atoms with Gasteiger partial charge in [0.2, 0.25) is 5.75 Å². The maximum Gasteiger partial charge on any atom is 0.274 e. The van der Waals surface area contributed by atoms with Crippen molar-refractivity contribution in [2.24, 2.45) is 0 Å². The number of amides is 1. The fraction of sp³-hybridized carbons (Fsp3) is 0.276. The maximum absolute atomic E-state index is 13.7. The predicted molar refractivity (Wildman–Crippen MR) is 148 cm³/mol. The highest BCUT2D eigenvalue weighted by molar-refractivity contribution is 6.19. The largest absolute Gasteiger partial charge is 0.493 e. The molecule has 1 aliphatic heterocycles. The van der Waals surface area contributed by atoms with Crippen LogP contribution in [0.5, 0.6) is 17.2 Å². The molecule has 1 N–H and O–H groups in total. The minimum absolute atomic E-state index is 0.0650. The number of halogens is 1. The van der Waals surface area contributed by atoms with E-state index in [1.807, 2.05) is 36.1 Å². The number of hydrogen-bond acceptors (Lipinski definition) is 4. The van der Waals surface area contributed by atoms with Crippen LogP contribution in [0.3, 0.4) is 0 Å². The molecule has 0 saturated carbocycles. The van der Waals surface area contributed by atoms with E-state index in [1.165, 1.54) is 5.39 Å². The Morgan fingerprint density at radius 3 is 2.39 bits per heavy atom. The van der Waals surface area contributed by atoms with Crippen LogP contribution in [0, 0.1) is 6.92 Å². The minimum Gasteiger partial charge on any atom is -0.493 e. The number of alkyl halides is 1. The lowest BCUT2D eigenvalue weighted by molar-refractivity contribution is 0.0984. The highest BCUT2D eigenvalue weighted by Gasteiger charge is 2.35. The average molecular weight is 507 g/mol. The second-order valence-electron chi connectivity index (χ2n) is 8.64. The van der Waals surface area contributed by atoms with Crippen molar-refractivity contribution >= 4 is 44.9 Å². The molecule has 0 saturated heterocycles. The molecule has 188 valence electrons. The van der Waals surface area contributed by atoms with Crippen molar-refractivity contribution in [1.29, 1.82) is 0 Å². The molecule has 0 spiro atoms. The van der Waals surface area contributed by atoms with Gasteiger partial charge in [0.25, 0.3) is 5.91 Å². The first-order valence-corrected chi connectivity index (χ1v) is 12.3. The number of benzene rings is 3. The van der Waals surface area contributed by atoms with Gasteiger partial charge in [-0.2, -0.15) is 0 Å². The lowest BCUT2D eigenvalue weighted by Gasteiger charge is -2.18. The number of hydrogen-bond donors (Lipinski definition) is 1. The van der Waals surface area contributed by atoms with Gasteiger partial charge in [-0.1, -0.05) is 30.3 Å². The van der Waals surface area contributed by atoms with Gasteiger partial charge in [-0.3, -0.25) is 4.79 Å². The van der Waals surface area contributed by atoms with Crippen LogP contribution in [-0.2, 0) is 0 Å². The molecule has 1 atom stereocenters. The summed E-state index contributed by atoms with van der Waals surface area (Å²) in [7, 11) is 4.69. The topological polar surface area (TPSA) is 63.8 Å². The summed E-state index contributed by atoms with van der Waals surface area (Å²) < 4.78 is 16.5. The van der Waals surface area contributed by atoms with Crippen molar-refractivity contribution in [3.63, 3.8) is 0 Å². The van der Waals surface area contributed by atoms with E-state index in [4.69, 9.17) is 25.8 Å². The van der Waals surface area contributed by atoms with Crippen molar-refractivity contribution in [3.05, 3.63) is 71.9 Å². The lowest BCUT2D eigenvalue weighted by atomic mass is 9.93. The number of ether oxygens (including phenoxy) is 3. The van der Waals surface area contributed by atoms with Crippen molar-refractivity contribution in [2.45, 2.75) is 19.8 Å². The standard InChI is InChI=1S/C26H25ClN2O4.C3H6/c1-14-9-20-22(18-8-6-5-7-17(14)18)16(12-27)13-29(20)26(30)19-10-15-11-21(31-2)24(32-3)25(33-4)23(15)28-19;1-3-2/h5-11,16,28H,12-13H2,1-4H3;3H,1H2,2H3. The highest BCUT2D eigenvalue weighted by atomic mass is 35.5. The molecule has 5 rings (SSSR count). The Kier molecular flexibility index (Phi) is 7.45. The molecular weight excluding hydrogens is 476 g/mol. The summed E-state index contributed by atoms with van der Waals surface area (Å²) in [5, 5.41) is 3.15. The zero-order valence-corrected chi connectivity index (χ0v) is 22.0. The number of carbonyl (C=O) groups excluding carboxylic acids is 1. The number of aryl methyl sites for hydroxylation is 1. The fourth-order valence-electron chi connectivity index (χ4n) is 4.95. The van der Waals surface area contributed by atoms with Gasteiger partial charge in [-0.25, -0.2) is 0 Å². The number of nitrogens with zero attached hydrogens (tertiary/aromatic N) is 1. The van der Waals surface area contributed by atoms with E-state index < -0.39 is 0 Å². The molecule has 3 aromatic carbocycles. The Morgan fingerprint density at radius 1 is 1.11 bits per heavy atom. The van der Waals surface area contributed by atoms with E-state index in [1.54, 1.807) is 27.4 Å². The molecule has 1 aromatic heterocycles. The molecule has 0 radical (unpaired) electrons. The summed E-state index contributed by atoms with van der Waals surface area (Å²) >= 11 is 6.37. The Morgan fingerprint density at radius 2 is 1.78 bits per heavy atom. The zero-order valence-electron chi connectivity index (χ0n) is 21.3. The number of fused-ring (bicyclic) bond motifs is 4. The monoisotopic (exact) mass is 506 g/mol. The van der Waals surface area contributed by atoms with Crippen LogP contribution in [0.1, 0.15) is 34.5 Å². The van der Waals surface area contributed by atoms with Gasteiger partial charge in [0.1, 0.15) is 5.69 Å². The molecule has 1 amide bonds. The Bertz CT molecular complexity index is 1440. The lowest BCUT2D eigenvalue weighted by Crippen LogP contribution is -2.30. The third kappa shape index (κ3) is 4.16.